The first-order valence-corrected chi connectivity index (χ1v) is 7.30. The fourth-order valence-electron chi connectivity index (χ4n) is 2.34. The van der Waals surface area contributed by atoms with Crippen molar-refractivity contribution < 1.29 is 4.74 Å². The molecule has 0 saturated carbocycles. The molecule has 1 atom stereocenters. The van der Waals surface area contributed by atoms with Gasteiger partial charge in [0.15, 0.2) is 6.10 Å². The number of ether oxygens (including phenoxy) is 1. The van der Waals surface area contributed by atoms with Crippen molar-refractivity contribution >= 4 is 22.6 Å². The van der Waals surface area contributed by atoms with E-state index in [1.54, 1.807) is 0 Å². The van der Waals surface area contributed by atoms with Crippen LogP contribution in [0.25, 0.3) is 11.0 Å². The Hall–Kier alpha value is -2.00. The van der Waals surface area contributed by atoms with E-state index in [1.807, 2.05) is 44.2 Å². The van der Waals surface area contributed by atoms with E-state index >= 15 is 0 Å². The Kier molecular flexibility index (Phi) is 3.60. The lowest BCUT2D eigenvalue weighted by Gasteiger charge is -2.13. The molecular formula is C17H17ClN2O. The number of nitrogens with one attached hydrogen (secondary N) is 1. The number of aromatic amines is 1. The maximum atomic E-state index is 6.03. The summed E-state index contributed by atoms with van der Waals surface area (Å²) in [7, 11) is 0. The molecule has 0 aliphatic carbocycles. The Balaban J connectivity index is 1.87. The molecule has 0 bridgehead atoms. The third-order valence-electron chi connectivity index (χ3n) is 3.56. The molecule has 0 amide bonds. The first-order chi connectivity index (χ1) is 10.0. The summed E-state index contributed by atoms with van der Waals surface area (Å²) in [5, 5.41) is 0.745. The van der Waals surface area contributed by atoms with Gasteiger partial charge in [-0.3, -0.25) is 0 Å². The highest BCUT2D eigenvalue weighted by Gasteiger charge is 2.13. The maximum absolute atomic E-state index is 6.03. The number of H-pyrrole nitrogens is 1. The predicted octanol–water partition coefficient (Wildman–Crippen LogP) is 4.97. The summed E-state index contributed by atoms with van der Waals surface area (Å²) < 4.78 is 5.95. The van der Waals surface area contributed by atoms with Gasteiger partial charge in [0.05, 0.1) is 11.0 Å². The van der Waals surface area contributed by atoms with Gasteiger partial charge in [0.25, 0.3) is 0 Å². The van der Waals surface area contributed by atoms with Crippen LogP contribution >= 0.6 is 11.6 Å². The molecule has 0 radical (unpaired) electrons. The van der Waals surface area contributed by atoms with Crippen molar-refractivity contribution in [1.82, 2.24) is 9.97 Å². The molecule has 2 aromatic carbocycles. The third-order valence-corrected chi connectivity index (χ3v) is 3.98. The van der Waals surface area contributed by atoms with Gasteiger partial charge in [-0.15, -0.1) is 0 Å². The van der Waals surface area contributed by atoms with Crippen LogP contribution in [0.15, 0.2) is 36.4 Å². The monoisotopic (exact) mass is 300 g/mol. The summed E-state index contributed by atoms with van der Waals surface area (Å²) in [6.45, 7) is 6.00. The van der Waals surface area contributed by atoms with Crippen LogP contribution in [0.4, 0.5) is 0 Å². The molecule has 108 valence electrons. The fraction of sp³-hybridized carbons (Fsp3) is 0.235. The number of aromatic nitrogens is 2. The SMILES string of the molecule is Cc1cc(O[C@H](C)c2nc3c(C)cccc3[nH]2)ccc1Cl. The van der Waals surface area contributed by atoms with E-state index in [-0.39, 0.29) is 6.10 Å². The predicted molar refractivity (Wildman–Crippen MR) is 86.1 cm³/mol. The summed E-state index contributed by atoms with van der Waals surface area (Å²) in [6, 6.07) is 11.8. The van der Waals surface area contributed by atoms with E-state index in [4.69, 9.17) is 16.3 Å². The largest absolute Gasteiger partial charge is 0.483 e. The molecule has 1 N–H and O–H groups in total. The second-order valence-electron chi connectivity index (χ2n) is 5.26. The molecule has 21 heavy (non-hydrogen) atoms. The summed E-state index contributed by atoms with van der Waals surface area (Å²) in [6.07, 6.45) is -0.155. The van der Waals surface area contributed by atoms with Gasteiger partial charge in [-0.2, -0.15) is 0 Å². The highest BCUT2D eigenvalue weighted by molar-refractivity contribution is 6.31. The maximum Gasteiger partial charge on any atom is 0.153 e. The van der Waals surface area contributed by atoms with Crippen molar-refractivity contribution in [3.05, 3.63) is 58.4 Å². The Morgan fingerprint density at radius 3 is 2.67 bits per heavy atom. The Morgan fingerprint density at radius 1 is 1.14 bits per heavy atom. The second-order valence-corrected chi connectivity index (χ2v) is 5.67. The van der Waals surface area contributed by atoms with Crippen LogP contribution in [0.3, 0.4) is 0 Å². The van der Waals surface area contributed by atoms with Gasteiger partial charge in [-0.25, -0.2) is 4.98 Å². The van der Waals surface area contributed by atoms with Crippen LogP contribution in [0.1, 0.15) is 30.0 Å². The van der Waals surface area contributed by atoms with Crippen molar-refractivity contribution in [1.29, 1.82) is 0 Å². The number of halogens is 1. The summed E-state index contributed by atoms with van der Waals surface area (Å²) in [4.78, 5) is 7.96. The molecule has 0 unspecified atom stereocenters. The smallest absolute Gasteiger partial charge is 0.153 e. The van der Waals surface area contributed by atoms with E-state index in [1.165, 1.54) is 0 Å². The third kappa shape index (κ3) is 2.74. The molecule has 3 rings (SSSR count). The van der Waals surface area contributed by atoms with Gasteiger partial charge in [-0.05, 0) is 56.2 Å². The number of aryl methyl sites for hydroxylation is 2. The van der Waals surface area contributed by atoms with Gasteiger partial charge in [0, 0.05) is 5.02 Å². The zero-order chi connectivity index (χ0) is 15.0. The average molecular weight is 301 g/mol. The molecule has 3 nitrogen and oxygen atoms in total. The number of hydrogen-bond donors (Lipinski definition) is 1. The van der Waals surface area contributed by atoms with Gasteiger partial charge < -0.3 is 9.72 Å². The molecule has 3 aromatic rings. The minimum atomic E-state index is -0.155. The van der Waals surface area contributed by atoms with Crippen molar-refractivity contribution in [2.75, 3.05) is 0 Å². The zero-order valence-electron chi connectivity index (χ0n) is 12.3. The highest BCUT2D eigenvalue weighted by atomic mass is 35.5. The number of para-hydroxylation sites is 1. The normalized spacial score (nSPS) is 12.6. The molecule has 1 heterocycles. The molecule has 1 aromatic heterocycles. The lowest BCUT2D eigenvalue weighted by Crippen LogP contribution is -2.05. The minimum absolute atomic E-state index is 0.155. The first-order valence-electron chi connectivity index (χ1n) is 6.92. The number of hydrogen-bond acceptors (Lipinski definition) is 2. The van der Waals surface area contributed by atoms with Crippen LogP contribution in [0, 0.1) is 13.8 Å². The van der Waals surface area contributed by atoms with Gasteiger partial charge in [0.2, 0.25) is 0 Å². The van der Waals surface area contributed by atoms with E-state index in [0.29, 0.717) is 0 Å². The summed E-state index contributed by atoms with van der Waals surface area (Å²) in [5.74, 6) is 1.62. The number of fused-ring (bicyclic) bond motifs is 1. The van der Waals surface area contributed by atoms with Crippen LogP contribution in [0.5, 0.6) is 5.75 Å². The highest BCUT2D eigenvalue weighted by Crippen LogP contribution is 2.26. The van der Waals surface area contributed by atoms with Crippen molar-refractivity contribution in [2.45, 2.75) is 26.9 Å². The van der Waals surface area contributed by atoms with Crippen LogP contribution in [-0.2, 0) is 0 Å². The Labute approximate surface area is 128 Å². The first kappa shape index (κ1) is 14.0. The number of benzene rings is 2. The Morgan fingerprint density at radius 2 is 1.95 bits per heavy atom. The lowest BCUT2D eigenvalue weighted by atomic mass is 10.2. The van der Waals surface area contributed by atoms with Gasteiger partial charge in [-0.1, -0.05) is 23.7 Å². The number of imidazole rings is 1. The van der Waals surface area contributed by atoms with E-state index < -0.39 is 0 Å². The fourth-order valence-corrected chi connectivity index (χ4v) is 2.46. The lowest BCUT2D eigenvalue weighted by molar-refractivity contribution is 0.218. The van der Waals surface area contributed by atoms with Crippen molar-refractivity contribution in [2.24, 2.45) is 0 Å². The zero-order valence-corrected chi connectivity index (χ0v) is 13.0. The van der Waals surface area contributed by atoms with E-state index in [9.17, 15) is 0 Å². The van der Waals surface area contributed by atoms with Crippen LogP contribution in [0.2, 0.25) is 5.02 Å². The molecule has 0 saturated heterocycles. The molecular weight excluding hydrogens is 284 g/mol. The number of rotatable bonds is 3. The Bertz CT molecular complexity index is 795. The standard InChI is InChI=1S/C17H17ClN2O/c1-10-5-4-6-15-16(10)20-17(19-15)12(3)21-13-7-8-14(18)11(2)9-13/h4-9,12H,1-3H3,(H,19,20)/t12-/m1/s1. The van der Waals surface area contributed by atoms with Gasteiger partial charge >= 0.3 is 0 Å². The quantitative estimate of drug-likeness (QED) is 0.741. The summed E-state index contributed by atoms with van der Waals surface area (Å²) >= 11 is 6.03. The molecule has 0 spiro atoms. The average Bonchev–Trinajstić information content (AvgIpc) is 2.89. The van der Waals surface area contributed by atoms with E-state index in [2.05, 4.69) is 23.0 Å². The summed E-state index contributed by atoms with van der Waals surface area (Å²) in [5.41, 5.74) is 4.19. The number of nitrogens with zero attached hydrogens (tertiary/aromatic N) is 1. The van der Waals surface area contributed by atoms with Crippen LogP contribution < -0.4 is 4.74 Å². The molecule has 0 aliphatic rings. The molecule has 0 aliphatic heterocycles. The second kappa shape index (κ2) is 5.41. The minimum Gasteiger partial charge on any atom is -0.483 e. The van der Waals surface area contributed by atoms with Crippen molar-refractivity contribution in [3.63, 3.8) is 0 Å². The van der Waals surface area contributed by atoms with Gasteiger partial charge in [0.1, 0.15) is 11.6 Å². The van der Waals surface area contributed by atoms with Crippen LogP contribution in [-0.4, -0.2) is 9.97 Å². The van der Waals surface area contributed by atoms with Crippen molar-refractivity contribution in [3.8, 4) is 5.75 Å². The topological polar surface area (TPSA) is 37.9 Å². The molecule has 0 fully saturated rings. The van der Waals surface area contributed by atoms with E-state index in [0.717, 1.165) is 38.8 Å². The molecule has 4 heteroatoms.